The van der Waals surface area contributed by atoms with Crippen molar-refractivity contribution in [3.63, 3.8) is 0 Å². The van der Waals surface area contributed by atoms with Crippen molar-refractivity contribution in [2.45, 2.75) is 65.0 Å². The minimum absolute atomic E-state index is 0.204. The minimum atomic E-state index is -0.614. The fraction of sp³-hybridized carbons (Fsp3) is 0.929. The quantitative estimate of drug-likeness (QED) is 0.484. The van der Waals surface area contributed by atoms with Crippen molar-refractivity contribution in [3.05, 3.63) is 0 Å². The molecule has 0 spiro atoms. The number of carbonyl (C=O) groups excluding carboxylic acids is 1. The molecule has 1 unspecified atom stereocenters. The molecule has 18 heavy (non-hydrogen) atoms. The average Bonchev–Trinajstić information content (AvgIpc) is 2.31. The van der Waals surface area contributed by atoms with Gasteiger partial charge in [-0.15, -0.1) is 0 Å². The van der Waals surface area contributed by atoms with E-state index in [1.54, 1.807) is 0 Å². The predicted octanol–water partition coefficient (Wildman–Crippen LogP) is 2.51. The van der Waals surface area contributed by atoms with Gasteiger partial charge in [0.2, 0.25) is 0 Å². The number of hydrogen-bond acceptors (Lipinski definition) is 4. The summed E-state index contributed by atoms with van der Waals surface area (Å²) in [6, 6.07) is 0.245. The molecule has 0 fully saturated rings. The summed E-state index contributed by atoms with van der Waals surface area (Å²) < 4.78 is 10.4. The fourth-order valence-corrected chi connectivity index (χ4v) is 1.97. The van der Waals surface area contributed by atoms with Gasteiger partial charge in [0.1, 0.15) is 5.54 Å². The lowest BCUT2D eigenvalue weighted by molar-refractivity contribution is -0.148. The zero-order valence-electron chi connectivity index (χ0n) is 12.5. The molecule has 4 nitrogen and oxygen atoms in total. The van der Waals surface area contributed by atoms with Crippen LogP contribution in [-0.2, 0) is 14.3 Å². The molecule has 0 heterocycles. The van der Waals surface area contributed by atoms with Gasteiger partial charge in [-0.3, -0.25) is 10.1 Å². The van der Waals surface area contributed by atoms with Crippen LogP contribution in [0.3, 0.4) is 0 Å². The van der Waals surface area contributed by atoms with Gasteiger partial charge in [0, 0.05) is 19.3 Å². The molecule has 0 aliphatic carbocycles. The maximum absolute atomic E-state index is 11.8. The van der Waals surface area contributed by atoms with Crippen LogP contribution in [0.15, 0.2) is 0 Å². The Kier molecular flexibility index (Phi) is 9.02. The van der Waals surface area contributed by atoms with Crippen LogP contribution in [0, 0.1) is 0 Å². The molecular formula is C14H29NO3. The van der Waals surface area contributed by atoms with E-state index in [-0.39, 0.29) is 12.0 Å². The van der Waals surface area contributed by atoms with E-state index in [4.69, 9.17) is 9.47 Å². The molecule has 0 bridgehead atoms. The highest BCUT2D eigenvalue weighted by Crippen LogP contribution is 2.15. The Morgan fingerprint density at radius 2 is 1.89 bits per heavy atom. The topological polar surface area (TPSA) is 47.6 Å². The number of methoxy groups -OCH3 is 1. The summed E-state index contributed by atoms with van der Waals surface area (Å²) in [5.74, 6) is -0.204. The first kappa shape index (κ1) is 17.4. The number of hydrogen-bond donors (Lipinski definition) is 1. The first-order valence-corrected chi connectivity index (χ1v) is 6.90. The second kappa shape index (κ2) is 9.34. The van der Waals surface area contributed by atoms with Gasteiger partial charge in [-0.1, -0.05) is 13.3 Å². The Bertz CT molecular complexity index is 231. The van der Waals surface area contributed by atoms with Crippen molar-refractivity contribution < 1.29 is 14.3 Å². The molecule has 4 heteroatoms. The van der Waals surface area contributed by atoms with Crippen LogP contribution in [0.5, 0.6) is 0 Å². The SMILES string of the molecule is CCCCOCCCC(C)(NC(C)C)C(=O)OC. The van der Waals surface area contributed by atoms with Crippen molar-refractivity contribution in [1.82, 2.24) is 5.32 Å². The van der Waals surface area contributed by atoms with E-state index in [2.05, 4.69) is 12.2 Å². The zero-order chi connectivity index (χ0) is 14.0. The zero-order valence-corrected chi connectivity index (χ0v) is 12.5. The molecule has 0 rings (SSSR count). The summed E-state index contributed by atoms with van der Waals surface area (Å²) >= 11 is 0. The summed E-state index contributed by atoms with van der Waals surface area (Å²) in [5, 5.41) is 3.28. The van der Waals surface area contributed by atoms with Gasteiger partial charge < -0.3 is 9.47 Å². The molecule has 0 saturated carbocycles. The summed E-state index contributed by atoms with van der Waals surface area (Å²) in [6.07, 6.45) is 3.83. The second-order valence-corrected chi connectivity index (χ2v) is 5.19. The lowest BCUT2D eigenvalue weighted by Crippen LogP contribution is -2.53. The number of rotatable bonds is 10. The van der Waals surface area contributed by atoms with E-state index < -0.39 is 5.54 Å². The molecule has 1 N–H and O–H groups in total. The van der Waals surface area contributed by atoms with E-state index in [0.717, 1.165) is 32.3 Å². The van der Waals surface area contributed by atoms with Crippen molar-refractivity contribution >= 4 is 5.97 Å². The number of esters is 1. The molecular weight excluding hydrogens is 230 g/mol. The molecule has 1 atom stereocenters. The van der Waals surface area contributed by atoms with Crippen LogP contribution in [0.25, 0.3) is 0 Å². The standard InChI is InChI=1S/C14H29NO3/c1-6-7-10-18-11-8-9-14(4,13(16)17-5)15-12(2)3/h12,15H,6-11H2,1-5H3. The number of nitrogens with one attached hydrogen (secondary N) is 1. The summed E-state index contributed by atoms with van der Waals surface area (Å²) in [6.45, 7) is 9.60. The first-order valence-electron chi connectivity index (χ1n) is 6.90. The van der Waals surface area contributed by atoms with Crippen LogP contribution < -0.4 is 5.32 Å². The smallest absolute Gasteiger partial charge is 0.325 e. The number of carbonyl (C=O) groups is 1. The van der Waals surface area contributed by atoms with Gasteiger partial charge in [-0.25, -0.2) is 0 Å². The molecule has 0 saturated heterocycles. The summed E-state index contributed by atoms with van der Waals surface area (Å²) in [7, 11) is 1.43. The minimum Gasteiger partial charge on any atom is -0.468 e. The fourth-order valence-electron chi connectivity index (χ4n) is 1.97. The maximum atomic E-state index is 11.8. The summed E-state index contributed by atoms with van der Waals surface area (Å²) in [4.78, 5) is 11.8. The Morgan fingerprint density at radius 3 is 2.39 bits per heavy atom. The Labute approximate surface area is 111 Å². The van der Waals surface area contributed by atoms with E-state index >= 15 is 0 Å². The molecule has 0 aromatic rings. The third-order valence-corrected chi connectivity index (χ3v) is 2.85. The molecule has 0 amide bonds. The van der Waals surface area contributed by atoms with Crippen LogP contribution in [-0.4, -0.2) is 37.9 Å². The van der Waals surface area contributed by atoms with E-state index in [1.165, 1.54) is 7.11 Å². The van der Waals surface area contributed by atoms with E-state index in [9.17, 15) is 4.79 Å². The van der Waals surface area contributed by atoms with E-state index in [1.807, 2.05) is 20.8 Å². The molecule has 0 radical (unpaired) electrons. The predicted molar refractivity (Wildman–Crippen MR) is 73.7 cm³/mol. The van der Waals surface area contributed by atoms with Crippen LogP contribution in [0.1, 0.15) is 53.4 Å². The van der Waals surface area contributed by atoms with Gasteiger partial charge in [-0.05, 0) is 40.0 Å². The highest BCUT2D eigenvalue weighted by atomic mass is 16.5. The Balaban J connectivity index is 4.05. The Hall–Kier alpha value is -0.610. The third-order valence-electron chi connectivity index (χ3n) is 2.85. The first-order chi connectivity index (χ1) is 8.46. The largest absolute Gasteiger partial charge is 0.468 e. The van der Waals surface area contributed by atoms with Crippen molar-refractivity contribution in [2.75, 3.05) is 20.3 Å². The van der Waals surface area contributed by atoms with Crippen molar-refractivity contribution in [2.24, 2.45) is 0 Å². The normalized spacial score (nSPS) is 14.6. The molecule has 0 aliphatic rings. The van der Waals surface area contributed by atoms with Gasteiger partial charge in [0.25, 0.3) is 0 Å². The number of unbranched alkanes of at least 4 members (excludes halogenated alkanes) is 1. The lowest BCUT2D eigenvalue weighted by atomic mass is 9.95. The van der Waals surface area contributed by atoms with Gasteiger partial charge >= 0.3 is 5.97 Å². The van der Waals surface area contributed by atoms with Gasteiger partial charge in [0.05, 0.1) is 7.11 Å². The number of ether oxygens (including phenoxy) is 2. The van der Waals surface area contributed by atoms with Crippen molar-refractivity contribution in [1.29, 1.82) is 0 Å². The summed E-state index contributed by atoms with van der Waals surface area (Å²) in [5.41, 5.74) is -0.614. The molecule has 0 aromatic heterocycles. The Morgan fingerprint density at radius 1 is 1.28 bits per heavy atom. The van der Waals surface area contributed by atoms with Crippen LogP contribution >= 0.6 is 0 Å². The van der Waals surface area contributed by atoms with Crippen LogP contribution in [0.2, 0.25) is 0 Å². The molecule has 0 aromatic carbocycles. The van der Waals surface area contributed by atoms with E-state index in [0.29, 0.717) is 6.61 Å². The molecule has 0 aliphatic heterocycles. The molecule has 108 valence electrons. The monoisotopic (exact) mass is 259 g/mol. The average molecular weight is 259 g/mol. The van der Waals surface area contributed by atoms with Gasteiger partial charge in [0.15, 0.2) is 0 Å². The highest BCUT2D eigenvalue weighted by Gasteiger charge is 2.33. The van der Waals surface area contributed by atoms with Crippen molar-refractivity contribution in [3.8, 4) is 0 Å². The second-order valence-electron chi connectivity index (χ2n) is 5.19. The lowest BCUT2D eigenvalue weighted by Gasteiger charge is -2.30. The van der Waals surface area contributed by atoms with Crippen LogP contribution in [0.4, 0.5) is 0 Å². The highest BCUT2D eigenvalue weighted by molar-refractivity contribution is 5.80. The van der Waals surface area contributed by atoms with Gasteiger partial charge in [-0.2, -0.15) is 0 Å². The third kappa shape index (κ3) is 6.97. The maximum Gasteiger partial charge on any atom is 0.325 e.